The summed E-state index contributed by atoms with van der Waals surface area (Å²) >= 11 is 12.3. The average molecular weight is 543 g/mol. The molecular weight excluding hydrogens is 509 g/mol. The molecule has 0 amide bonds. The molecule has 3 aromatic carbocycles. The van der Waals surface area contributed by atoms with Crippen LogP contribution in [0.5, 0.6) is 0 Å². The van der Waals surface area contributed by atoms with Crippen molar-refractivity contribution in [3.8, 4) is 0 Å². The third-order valence-corrected chi connectivity index (χ3v) is 6.30. The van der Waals surface area contributed by atoms with E-state index in [-0.39, 0.29) is 12.5 Å². The summed E-state index contributed by atoms with van der Waals surface area (Å²) in [5, 5.41) is 4.39. The van der Waals surface area contributed by atoms with E-state index in [0.29, 0.717) is 29.3 Å². The van der Waals surface area contributed by atoms with Crippen LogP contribution in [0.2, 0.25) is 10.0 Å². The van der Waals surface area contributed by atoms with Crippen molar-refractivity contribution in [3.63, 3.8) is 0 Å². The summed E-state index contributed by atoms with van der Waals surface area (Å²) in [5.41, 5.74) is 3.90. The molecule has 196 valence electrons. The zero-order valence-corrected chi connectivity index (χ0v) is 22.9. The minimum atomic E-state index is -0.714. The molecule has 0 fully saturated rings. The van der Waals surface area contributed by atoms with Gasteiger partial charge in [-0.1, -0.05) is 91.6 Å². The predicted octanol–water partition coefficient (Wildman–Crippen LogP) is 6.42. The van der Waals surface area contributed by atoms with E-state index in [1.165, 1.54) is 7.11 Å². The van der Waals surface area contributed by atoms with Crippen molar-refractivity contribution in [2.24, 2.45) is 5.92 Å². The molecule has 0 heterocycles. The van der Waals surface area contributed by atoms with Crippen molar-refractivity contribution in [1.29, 1.82) is 0 Å². The molecule has 2 unspecified atom stereocenters. The molecule has 0 saturated heterocycles. The van der Waals surface area contributed by atoms with Crippen molar-refractivity contribution < 1.29 is 19.1 Å². The van der Waals surface area contributed by atoms with Gasteiger partial charge in [0.1, 0.15) is 18.7 Å². The Morgan fingerprint density at radius 2 is 1.43 bits per heavy atom. The second kappa shape index (κ2) is 14.2. The number of esters is 2. The zero-order valence-electron chi connectivity index (χ0n) is 21.4. The first kappa shape index (κ1) is 28.7. The summed E-state index contributed by atoms with van der Waals surface area (Å²) in [7, 11) is 1.35. The summed E-state index contributed by atoms with van der Waals surface area (Å²) in [6, 6.07) is 21.6. The Hall–Kier alpha value is -2.86. The molecule has 1 N–H and O–H groups in total. The Morgan fingerprint density at radius 1 is 0.784 bits per heavy atom. The molecule has 3 aromatic rings. The summed E-state index contributed by atoms with van der Waals surface area (Å²) in [6.45, 7) is 4.23. The Morgan fingerprint density at radius 3 is 2.08 bits per heavy atom. The minimum Gasteiger partial charge on any atom is -0.468 e. The van der Waals surface area contributed by atoms with E-state index < -0.39 is 24.0 Å². The average Bonchev–Trinajstić information content (AvgIpc) is 2.86. The van der Waals surface area contributed by atoms with Gasteiger partial charge in [-0.3, -0.25) is 14.9 Å². The molecule has 0 aliphatic rings. The van der Waals surface area contributed by atoms with Crippen LogP contribution < -0.4 is 5.32 Å². The second-order valence-electron chi connectivity index (χ2n) is 9.50. The first-order chi connectivity index (χ1) is 17.7. The maximum atomic E-state index is 13.0. The van der Waals surface area contributed by atoms with Crippen molar-refractivity contribution in [2.45, 2.75) is 51.8 Å². The van der Waals surface area contributed by atoms with Gasteiger partial charge in [0.25, 0.3) is 0 Å². The fourth-order valence-corrected chi connectivity index (χ4v) is 4.75. The summed E-state index contributed by atoms with van der Waals surface area (Å²) in [4.78, 5) is 25.7. The number of rotatable bonds is 12. The monoisotopic (exact) mass is 541 g/mol. The van der Waals surface area contributed by atoms with Gasteiger partial charge in [0.2, 0.25) is 0 Å². The Labute approximate surface area is 229 Å². The van der Waals surface area contributed by atoms with Crippen LogP contribution in [0, 0.1) is 5.92 Å². The Kier molecular flexibility index (Phi) is 11.0. The van der Waals surface area contributed by atoms with Gasteiger partial charge in [-0.15, -0.1) is 0 Å². The molecule has 0 bridgehead atoms. The fourth-order valence-electron chi connectivity index (χ4n) is 4.18. The number of ether oxygens (including phenoxy) is 2. The lowest BCUT2D eigenvalue weighted by atomic mass is 9.98. The molecular formula is C30H33Cl2NO4. The molecule has 0 saturated carbocycles. The summed E-state index contributed by atoms with van der Waals surface area (Å²) in [5.74, 6) is -0.609. The van der Waals surface area contributed by atoms with E-state index in [0.717, 1.165) is 22.3 Å². The van der Waals surface area contributed by atoms with Crippen molar-refractivity contribution in [1.82, 2.24) is 5.32 Å². The standard InChI is InChI=1S/C30H33Cl2NO4/c1-20(2)12-27(30(35)37-19-21-8-5-4-6-9-21)33-28(29(34)36-3)17-23-11-7-10-22(13-23)14-24-15-25(31)18-26(32)16-24/h4-11,13,15-16,18,20,27-28,33H,12,14,17,19H2,1-3H3. The lowest BCUT2D eigenvalue weighted by Crippen LogP contribution is -2.49. The number of carbonyl (C=O) groups is 2. The Bertz CT molecular complexity index is 1160. The van der Waals surface area contributed by atoms with Gasteiger partial charge in [0.15, 0.2) is 0 Å². The van der Waals surface area contributed by atoms with E-state index in [9.17, 15) is 9.59 Å². The minimum absolute atomic E-state index is 0.175. The van der Waals surface area contributed by atoms with Gasteiger partial charge in [0.05, 0.1) is 7.11 Å². The van der Waals surface area contributed by atoms with Crippen molar-refractivity contribution in [3.05, 3.63) is 105 Å². The lowest BCUT2D eigenvalue weighted by Gasteiger charge is -2.24. The molecule has 0 radical (unpaired) electrons. The number of hydrogen-bond acceptors (Lipinski definition) is 5. The number of halogens is 2. The van der Waals surface area contributed by atoms with Gasteiger partial charge in [-0.25, -0.2) is 0 Å². The van der Waals surface area contributed by atoms with Crippen molar-refractivity contribution >= 4 is 35.1 Å². The molecule has 2 atom stereocenters. The molecule has 7 heteroatoms. The quantitative estimate of drug-likeness (QED) is 0.268. The Balaban J connectivity index is 1.73. The van der Waals surface area contributed by atoms with Crippen LogP contribution in [0.3, 0.4) is 0 Å². The van der Waals surface area contributed by atoms with Gasteiger partial charge < -0.3 is 9.47 Å². The maximum absolute atomic E-state index is 13.0. The number of nitrogens with one attached hydrogen (secondary N) is 1. The topological polar surface area (TPSA) is 64.6 Å². The normalized spacial score (nSPS) is 12.7. The van der Waals surface area contributed by atoms with Crippen LogP contribution in [-0.4, -0.2) is 31.1 Å². The number of benzene rings is 3. The number of hydrogen-bond donors (Lipinski definition) is 1. The van der Waals surface area contributed by atoms with Crippen molar-refractivity contribution in [2.75, 3.05) is 7.11 Å². The lowest BCUT2D eigenvalue weighted by molar-refractivity contribution is -0.149. The third-order valence-electron chi connectivity index (χ3n) is 5.87. The van der Waals surface area contributed by atoms with E-state index >= 15 is 0 Å². The van der Waals surface area contributed by atoms with E-state index in [1.54, 1.807) is 6.07 Å². The van der Waals surface area contributed by atoms with Gasteiger partial charge in [-0.05, 0) is 65.6 Å². The van der Waals surface area contributed by atoms with Gasteiger partial charge in [-0.2, -0.15) is 0 Å². The SMILES string of the molecule is COC(=O)C(Cc1cccc(Cc2cc(Cl)cc(Cl)c2)c1)NC(CC(C)C)C(=O)OCc1ccccc1. The highest BCUT2D eigenvalue weighted by atomic mass is 35.5. The first-order valence-electron chi connectivity index (χ1n) is 12.3. The van der Waals surface area contributed by atoms with E-state index in [1.807, 2.05) is 80.6 Å². The second-order valence-corrected chi connectivity index (χ2v) is 10.4. The van der Waals surface area contributed by atoms with Crippen LogP contribution in [0.4, 0.5) is 0 Å². The molecule has 0 aliphatic heterocycles. The van der Waals surface area contributed by atoms with E-state index in [2.05, 4.69) is 5.32 Å². The highest BCUT2D eigenvalue weighted by molar-refractivity contribution is 6.34. The van der Waals surface area contributed by atoms with Crippen LogP contribution >= 0.6 is 23.2 Å². The predicted molar refractivity (Wildman–Crippen MR) is 148 cm³/mol. The highest BCUT2D eigenvalue weighted by Crippen LogP contribution is 2.22. The smallest absolute Gasteiger partial charge is 0.323 e. The molecule has 0 aromatic heterocycles. The summed E-state index contributed by atoms with van der Waals surface area (Å²) < 4.78 is 10.7. The largest absolute Gasteiger partial charge is 0.468 e. The summed E-state index contributed by atoms with van der Waals surface area (Å²) in [6.07, 6.45) is 1.53. The van der Waals surface area contributed by atoms with Gasteiger partial charge in [0, 0.05) is 10.0 Å². The number of methoxy groups -OCH3 is 1. The zero-order chi connectivity index (χ0) is 26.8. The first-order valence-corrected chi connectivity index (χ1v) is 13.1. The molecule has 0 aliphatic carbocycles. The van der Waals surface area contributed by atoms with Crippen LogP contribution in [0.1, 0.15) is 42.5 Å². The molecule has 3 rings (SSSR count). The van der Waals surface area contributed by atoms with E-state index in [4.69, 9.17) is 32.7 Å². The fraction of sp³-hybridized carbons (Fsp3) is 0.333. The van der Waals surface area contributed by atoms with Gasteiger partial charge >= 0.3 is 11.9 Å². The molecule has 5 nitrogen and oxygen atoms in total. The molecule has 0 spiro atoms. The molecule has 37 heavy (non-hydrogen) atoms. The van der Waals surface area contributed by atoms with Crippen LogP contribution in [0.25, 0.3) is 0 Å². The highest BCUT2D eigenvalue weighted by Gasteiger charge is 2.29. The maximum Gasteiger partial charge on any atom is 0.323 e. The third kappa shape index (κ3) is 9.51. The number of carbonyl (C=O) groups excluding carboxylic acids is 2. The van der Waals surface area contributed by atoms with Crippen LogP contribution in [-0.2, 0) is 38.5 Å². The van der Waals surface area contributed by atoms with Crippen LogP contribution in [0.15, 0.2) is 72.8 Å².